The van der Waals surface area contributed by atoms with Gasteiger partial charge in [0, 0.05) is 48.3 Å². The molecule has 0 saturated carbocycles. The predicted octanol–water partition coefficient (Wildman–Crippen LogP) is 5.28. The molecule has 0 radical (unpaired) electrons. The van der Waals surface area contributed by atoms with E-state index in [1.54, 1.807) is 23.1 Å². The van der Waals surface area contributed by atoms with E-state index in [9.17, 15) is 24.9 Å². The van der Waals surface area contributed by atoms with Gasteiger partial charge in [0.25, 0.3) is 0 Å². The van der Waals surface area contributed by atoms with Crippen molar-refractivity contribution in [1.29, 1.82) is 0 Å². The monoisotopic (exact) mass is 675 g/mol. The largest absolute Gasteiger partial charge is 0.493 e. The van der Waals surface area contributed by atoms with Crippen LogP contribution < -0.4 is 14.8 Å². The van der Waals surface area contributed by atoms with Crippen molar-refractivity contribution in [2.45, 2.75) is 108 Å². The van der Waals surface area contributed by atoms with Gasteiger partial charge in [0.15, 0.2) is 11.5 Å². The van der Waals surface area contributed by atoms with E-state index in [4.69, 9.17) is 9.47 Å². The van der Waals surface area contributed by atoms with Gasteiger partial charge in [-0.25, -0.2) is 0 Å². The standard InChI is InChI=1S/C39H53N3O7/c1-3-4-5-6-7-8-9-10-11-16-34(45)42(19-17-28-23-27-14-12-13-15-31(27)41-28)32-24-30(39(47)40-18-20-43)35-29-21-26(25-44)22-33(48-2)37(29)49-38(35)36(32)46/h12-15,21-24,32,35-36,38,41,43-44,46H,3-11,16-20,25H2,1-2H3,(H,40,47)/t32-,35+,36+,38+/m1/s1. The van der Waals surface area contributed by atoms with E-state index in [0.717, 1.165) is 35.9 Å². The Hall–Kier alpha value is -3.86. The first-order valence-corrected chi connectivity index (χ1v) is 18.0. The summed E-state index contributed by atoms with van der Waals surface area (Å²) in [5, 5.41) is 35.3. The minimum absolute atomic E-state index is 0.0517. The number of rotatable bonds is 19. The van der Waals surface area contributed by atoms with Gasteiger partial charge >= 0.3 is 0 Å². The number of hydrogen-bond donors (Lipinski definition) is 5. The number of methoxy groups -OCH3 is 1. The van der Waals surface area contributed by atoms with E-state index in [1.165, 1.54) is 45.6 Å². The molecule has 0 bridgehead atoms. The second-order valence-corrected chi connectivity index (χ2v) is 13.3. The van der Waals surface area contributed by atoms with Gasteiger partial charge < -0.3 is 40.0 Å². The summed E-state index contributed by atoms with van der Waals surface area (Å²) in [6.07, 6.45) is 10.8. The molecule has 2 heterocycles. The summed E-state index contributed by atoms with van der Waals surface area (Å²) in [5.74, 6) is -0.354. The molecule has 10 nitrogen and oxygen atoms in total. The van der Waals surface area contributed by atoms with Gasteiger partial charge in [-0.05, 0) is 47.7 Å². The Bertz CT molecular complexity index is 1550. The predicted molar refractivity (Wildman–Crippen MR) is 190 cm³/mol. The molecule has 2 aromatic carbocycles. The summed E-state index contributed by atoms with van der Waals surface area (Å²) < 4.78 is 12.0. The zero-order chi connectivity index (χ0) is 34.8. The lowest BCUT2D eigenvalue weighted by Crippen LogP contribution is -2.56. The summed E-state index contributed by atoms with van der Waals surface area (Å²) in [7, 11) is 1.50. The van der Waals surface area contributed by atoms with Crippen LogP contribution in [0.15, 0.2) is 54.1 Å². The lowest BCUT2D eigenvalue weighted by Gasteiger charge is -2.40. The van der Waals surface area contributed by atoms with Crippen molar-refractivity contribution in [2.75, 3.05) is 26.8 Å². The molecule has 5 N–H and O–H groups in total. The number of amides is 2. The highest BCUT2D eigenvalue weighted by atomic mass is 16.5. The van der Waals surface area contributed by atoms with Gasteiger partial charge in [0.05, 0.1) is 32.3 Å². The molecule has 1 aliphatic heterocycles. The second kappa shape index (κ2) is 17.7. The Balaban J connectivity index is 1.41. The molecule has 5 rings (SSSR count). The van der Waals surface area contributed by atoms with Crippen LogP contribution in [0.3, 0.4) is 0 Å². The maximum atomic E-state index is 14.1. The van der Waals surface area contributed by atoms with Crippen LogP contribution in [0.5, 0.6) is 11.5 Å². The number of carbonyl (C=O) groups is 2. The third-order valence-corrected chi connectivity index (χ3v) is 9.88. The molecule has 2 aliphatic rings. The Morgan fingerprint density at radius 3 is 2.43 bits per heavy atom. The zero-order valence-electron chi connectivity index (χ0n) is 29.0. The van der Waals surface area contributed by atoms with E-state index in [2.05, 4.69) is 23.3 Å². The van der Waals surface area contributed by atoms with Crippen molar-refractivity contribution in [3.63, 3.8) is 0 Å². The van der Waals surface area contributed by atoms with Crippen LogP contribution in [-0.2, 0) is 22.6 Å². The Kier molecular flexibility index (Phi) is 13.2. The van der Waals surface area contributed by atoms with Crippen molar-refractivity contribution >= 4 is 22.7 Å². The van der Waals surface area contributed by atoms with Crippen molar-refractivity contribution in [3.8, 4) is 11.5 Å². The maximum Gasteiger partial charge on any atom is 0.247 e. The van der Waals surface area contributed by atoms with Crippen LogP contribution in [0, 0.1) is 0 Å². The SMILES string of the molecule is CCCCCCCCCCCC(=O)N(CCc1cc2ccccc2[nH]1)[C@@H]1C=C(C(=O)NCCO)[C@@H]2c3cc(CO)cc(OC)c3O[C@@H]2[C@H]1O. The summed E-state index contributed by atoms with van der Waals surface area (Å²) in [6, 6.07) is 12.7. The Morgan fingerprint density at radius 1 is 1.00 bits per heavy atom. The van der Waals surface area contributed by atoms with E-state index < -0.39 is 30.1 Å². The molecule has 0 fully saturated rings. The minimum Gasteiger partial charge on any atom is -0.493 e. The number of aliphatic hydroxyl groups is 3. The lowest BCUT2D eigenvalue weighted by atomic mass is 9.77. The van der Waals surface area contributed by atoms with Crippen LogP contribution >= 0.6 is 0 Å². The zero-order valence-corrected chi connectivity index (χ0v) is 29.0. The molecule has 266 valence electrons. The average molecular weight is 676 g/mol. The van der Waals surface area contributed by atoms with Crippen LogP contribution in [-0.4, -0.2) is 82.1 Å². The molecule has 3 aromatic rings. The first kappa shape index (κ1) is 36.4. The number of aromatic nitrogens is 1. The van der Waals surface area contributed by atoms with Gasteiger partial charge in [-0.3, -0.25) is 9.59 Å². The van der Waals surface area contributed by atoms with Crippen molar-refractivity contribution in [2.24, 2.45) is 0 Å². The van der Waals surface area contributed by atoms with E-state index in [0.29, 0.717) is 47.6 Å². The third kappa shape index (κ3) is 8.66. The molecule has 0 spiro atoms. The second-order valence-electron chi connectivity index (χ2n) is 13.3. The van der Waals surface area contributed by atoms with Crippen LogP contribution in [0.1, 0.15) is 93.9 Å². The smallest absolute Gasteiger partial charge is 0.247 e. The highest BCUT2D eigenvalue weighted by Crippen LogP contribution is 2.51. The quantitative estimate of drug-likeness (QED) is 0.109. The van der Waals surface area contributed by atoms with Gasteiger partial charge in [-0.1, -0.05) is 76.5 Å². The number of aliphatic hydroxyl groups excluding tert-OH is 3. The fourth-order valence-corrected chi connectivity index (χ4v) is 7.30. The molecule has 4 atom stereocenters. The Labute approximate surface area is 289 Å². The van der Waals surface area contributed by atoms with Gasteiger partial charge in [-0.15, -0.1) is 0 Å². The number of carbonyl (C=O) groups excluding carboxylic acids is 2. The lowest BCUT2D eigenvalue weighted by molar-refractivity contribution is -0.137. The highest BCUT2D eigenvalue weighted by Gasteiger charge is 2.51. The van der Waals surface area contributed by atoms with E-state index >= 15 is 0 Å². The average Bonchev–Trinajstić information content (AvgIpc) is 3.72. The fraction of sp³-hybridized carbons (Fsp3) is 0.538. The van der Waals surface area contributed by atoms with E-state index in [1.807, 2.05) is 24.3 Å². The van der Waals surface area contributed by atoms with Gasteiger partial charge in [0.2, 0.25) is 11.8 Å². The number of hydrogen-bond acceptors (Lipinski definition) is 7. The fourth-order valence-electron chi connectivity index (χ4n) is 7.30. The van der Waals surface area contributed by atoms with Crippen molar-refractivity contribution < 1.29 is 34.4 Å². The molecule has 1 aliphatic carbocycles. The Morgan fingerprint density at radius 2 is 1.73 bits per heavy atom. The summed E-state index contributed by atoms with van der Waals surface area (Å²) in [5.41, 5.74) is 3.54. The first-order chi connectivity index (χ1) is 23.9. The molecule has 10 heteroatoms. The highest BCUT2D eigenvalue weighted by molar-refractivity contribution is 5.96. The minimum atomic E-state index is -1.15. The van der Waals surface area contributed by atoms with Crippen molar-refractivity contribution in [3.05, 3.63) is 70.9 Å². The maximum absolute atomic E-state index is 14.1. The van der Waals surface area contributed by atoms with Crippen LogP contribution in [0.2, 0.25) is 0 Å². The summed E-state index contributed by atoms with van der Waals surface area (Å²) in [4.78, 5) is 32.9. The molecule has 1 aromatic heterocycles. The number of nitrogens with one attached hydrogen (secondary N) is 2. The van der Waals surface area contributed by atoms with Crippen molar-refractivity contribution in [1.82, 2.24) is 15.2 Å². The number of aromatic amines is 1. The van der Waals surface area contributed by atoms with Crippen LogP contribution in [0.25, 0.3) is 10.9 Å². The topological polar surface area (TPSA) is 144 Å². The molecular formula is C39H53N3O7. The van der Waals surface area contributed by atoms with Gasteiger partial charge in [0.1, 0.15) is 12.2 Å². The number of nitrogens with zero attached hydrogens (tertiary/aromatic N) is 1. The van der Waals surface area contributed by atoms with E-state index in [-0.39, 0.29) is 25.7 Å². The van der Waals surface area contributed by atoms with Gasteiger partial charge in [-0.2, -0.15) is 0 Å². The number of para-hydroxylation sites is 1. The molecule has 0 saturated heterocycles. The number of ether oxygens (including phenoxy) is 2. The third-order valence-electron chi connectivity index (χ3n) is 9.88. The summed E-state index contributed by atoms with van der Waals surface area (Å²) in [6.45, 7) is 2.13. The molecular weight excluding hydrogens is 622 g/mol. The normalized spacial score (nSPS) is 19.6. The number of unbranched alkanes of at least 4 members (excludes halogenated alkanes) is 8. The molecule has 2 amide bonds. The summed E-state index contributed by atoms with van der Waals surface area (Å²) >= 11 is 0. The molecule has 0 unspecified atom stereocenters. The molecule has 49 heavy (non-hydrogen) atoms. The number of benzene rings is 2. The first-order valence-electron chi connectivity index (χ1n) is 18.0. The number of H-pyrrole nitrogens is 1. The number of fused-ring (bicyclic) bond motifs is 4. The van der Waals surface area contributed by atoms with Crippen LogP contribution in [0.4, 0.5) is 0 Å².